The molecule has 8 heteroatoms. The van der Waals surface area contributed by atoms with Gasteiger partial charge in [-0.05, 0) is 22.0 Å². The predicted octanol–water partition coefficient (Wildman–Crippen LogP) is 3.14. The zero-order valence-corrected chi connectivity index (χ0v) is 12.2. The molecule has 2 aromatic rings. The number of carbonyl (C=O) groups is 1. The van der Waals surface area contributed by atoms with E-state index in [0.717, 1.165) is 4.47 Å². The molecule has 1 amide bonds. The Morgan fingerprint density at radius 2 is 2.00 bits per heavy atom. The van der Waals surface area contributed by atoms with Crippen molar-refractivity contribution in [1.29, 1.82) is 0 Å². The summed E-state index contributed by atoms with van der Waals surface area (Å²) in [5.74, 6) is -0.346. The van der Waals surface area contributed by atoms with E-state index in [1.54, 1.807) is 23.9 Å². The number of carbonyl (C=O) groups excluding carboxylic acids is 1. The van der Waals surface area contributed by atoms with Gasteiger partial charge in [-0.15, -0.1) is 0 Å². The summed E-state index contributed by atoms with van der Waals surface area (Å²) in [5, 5.41) is 2.77. The fourth-order valence-corrected chi connectivity index (χ4v) is 2.31. The molecule has 0 spiro atoms. The van der Waals surface area contributed by atoms with Gasteiger partial charge >= 0.3 is 0 Å². The van der Waals surface area contributed by atoms with E-state index in [9.17, 15) is 4.79 Å². The molecule has 0 atom stereocenters. The Hall–Kier alpha value is -1.11. The van der Waals surface area contributed by atoms with Crippen molar-refractivity contribution in [3.05, 3.63) is 39.1 Å². The van der Waals surface area contributed by atoms with E-state index in [-0.39, 0.29) is 21.9 Å². The first-order chi connectivity index (χ1) is 8.49. The van der Waals surface area contributed by atoms with Crippen molar-refractivity contribution in [2.45, 2.75) is 0 Å². The van der Waals surface area contributed by atoms with E-state index in [1.807, 2.05) is 0 Å². The summed E-state index contributed by atoms with van der Waals surface area (Å²) >= 11 is 15.0. The van der Waals surface area contributed by atoms with E-state index in [2.05, 4.69) is 31.2 Å². The number of rotatable bonds is 2. The second kappa shape index (κ2) is 5.26. The Bertz CT molecular complexity index is 594. The molecule has 1 N–H and O–H groups in total. The molecule has 0 saturated carbocycles. The van der Waals surface area contributed by atoms with Gasteiger partial charge in [-0.2, -0.15) is 0 Å². The van der Waals surface area contributed by atoms with Crippen molar-refractivity contribution >= 4 is 50.7 Å². The fraction of sp³-hybridized carbons (Fsp3) is 0.100. The van der Waals surface area contributed by atoms with Gasteiger partial charge in [0.2, 0.25) is 0 Å². The van der Waals surface area contributed by atoms with Crippen LogP contribution in [0.3, 0.4) is 0 Å². The standard InChI is InChI=1S/C10H7BrCl2N4O/c1-17-3-5(11)2-6(17)10(18)16-7-8(12)14-4-15-9(7)13/h2-4H,1H3,(H,16,18). The van der Waals surface area contributed by atoms with E-state index in [4.69, 9.17) is 23.2 Å². The van der Waals surface area contributed by atoms with Gasteiger partial charge in [0.25, 0.3) is 5.91 Å². The van der Waals surface area contributed by atoms with Gasteiger partial charge < -0.3 is 9.88 Å². The quantitative estimate of drug-likeness (QED) is 0.847. The number of nitrogens with zero attached hydrogens (tertiary/aromatic N) is 3. The summed E-state index contributed by atoms with van der Waals surface area (Å²) in [6, 6.07) is 1.68. The van der Waals surface area contributed by atoms with Crippen LogP contribution in [0.4, 0.5) is 5.69 Å². The molecular weight excluding hydrogens is 343 g/mol. The monoisotopic (exact) mass is 348 g/mol. The Morgan fingerprint density at radius 1 is 1.39 bits per heavy atom. The maximum Gasteiger partial charge on any atom is 0.272 e. The van der Waals surface area contributed by atoms with Gasteiger partial charge in [-0.25, -0.2) is 9.97 Å². The van der Waals surface area contributed by atoms with Gasteiger partial charge in [-0.1, -0.05) is 23.2 Å². The zero-order valence-electron chi connectivity index (χ0n) is 9.12. The first-order valence-electron chi connectivity index (χ1n) is 4.78. The van der Waals surface area contributed by atoms with Crippen LogP contribution in [-0.4, -0.2) is 20.4 Å². The van der Waals surface area contributed by atoms with Crippen LogP contribution < -0.4 is 5.32 Å². The van der Waals surface area contributed by atoms with Crippen LogP contribution in [0.1, 0.15) is 10.5 Å². The van der Waals surface area contributed by atoms with Crippen LogP contribution in [0, 0.1) is 0 Å². The Morgan fingerprint density at radius 3 is 2.50 bits per heavy atom. The maximum atomic E-state index is 12.0. The van der Waals surface area contributed by atoms with Crippen molar-refractivity contribution in [3.8, 4) is 0 Å². The van der Waals surface area contributed by atoms with Crippen LogP contribution in [0.5, 0.6) is 0 Å². The second-order valence-electron chi connectivity index (χ2n) is 3.44. The van der Waals surface area contributed by atoms with Crippen molar-refractivity contribution in [1.82, 2.24) is 14.5 Å². The molecule has 0 saturated heterocycles. The van der Waals surface area contributed by atoms with Crippen LogP contribution in [0.25, 0.3) is 0 Å². The highest BCUT2D eigenvalue weighted by atomic mass is 79.9. The molecule has 0 bridgehead atoms. The Labute approximate surface area is 121 Å². The molecular formula is C10H7BrCl2N4O. The molecule has 2 rings (SSSR count). The lowest BCUT2D eigenvalue weighted by Crippen LogP contribution is -2.16. The number of halogens is 3. The third-order valence-corrected chi connectivity index (χ3v) is 3.20. The molecule has 2 aromatic heterocycles. The highest BCUT2D eigenvalue weighted by Crippen LogP contribution is 2.26. The highest BCUT2D eigenvalue weighted by Gasteiger charge is 2.15. The smallest absolute Gasteiger partial charge is 0.272 e. The zero-order chi connectivity index (χ0) is 13.3. The van der Waals surface area contributed by atoms with Gasteiger partial charge in [-0.3, -0.25) is 4.79 Å². The largest absolute Gasteiger partial charge is 0.345 e. The number of nitrogens with one attached hydrogen (secondary N) is 1. The van der Waals surface area contributed by atoms with E-state index < -0.39 is 0 Å². The van der Waals surface area contributed by atoms with Gasteiger partial charge in [0.05, 0.1) is 0 Å². The van der Waals surface area contributed by atoms with E-state index >= 15 is 0 Å². The number of hydrogen-bond donors (Lipinski definition) is 1. The summed E-state index contributed by atoms with van der Waals surface area (Å²) < 4.78 is 2.47. The summed E-state index contributed by atoms with van der Waals surface area (Å²) in [6.45, 7) is 0. The lowest BCUT2D eigenvalue weighted by atomic mass is 10.4. The number of anilines is 1. The molecule has 0 aromatic carbocycles. The van der Waals surface area contributed by atoms with Crippen LogP contribution in [0.15, 0.2) is 23.1 Å². The topological polar surface area (TPSA) is 59.8 Å². The number of amides is 1. The lowest BCUT2D eigenvalue weighted by Gasteiger charge is -2.07. The summed E-state index contributed by atoms with van der Waals surface area (Å²) in [4.78, 5) is 19.5. The number of hydrogen-bond acceptors (Lipinski definition) is 3. The lowest BCUT2D eigenvalue weighted by molar-refractivity contribution is 0.101. The van der Waals surface area contributed by atoms with Crippen molar-refractivity contribution in [2.24, 2.45) is 7.05 Å². The van der Waals surface area contributed by atoms with Gasteiger partial charge in [0.1, 0.15) is 17.7 Å². The second-order valence-corrected chi connectivity index (χ2v) is 5.07. The van der Waals surface area contributed by atoms with Crippen molar-refractivity contribution in [2.75, 3.05) is 5.32 Å². The average molecular weight is 350 g/mol. The molecule has 0 radical (unpaired) electrons. The molecule has 0 aliphatic rings. The molecule has 0 aliphatic carbocycles. The number of aromatic nitrogens is 3. The summed E-state index contributed by atoms with van der Waals surface area (Å²) in [5.41, 5.74) is 0.654. The molecule has 0 fully saturated rings. The van der Waals surface area contributed by atoms with Crippen molar-refractivity contribution < 1.29 is 4.79 Å². The summed E-state index contributed by atoms with van der Waals surface area (Å²) in [6.07, 6.45) is 2.99. The minimum atomic E-state index is -0.346. The van der Waals surface area contributed by atoms with Crippen molar-refractivity contribution in [3.63, 3.8) is 0 Å². The molecule has 2 heterocycles. The highest BCUT2D eigenvalue weighted by molar-refractivity contribution is 9.10. The molecule has 18 heavy (non-hydrogen) atoms. The predicted molar refractivity (Wildman–Crippen MR) is 73.1 cm³/mol. The fourth-order valence-electron chi connectivity index (χ4n) is 1.38. The molecule has 5 nitrogen and oxygen atoms in total. The summed E-state index contributed by atoms with van der Waals surface area (Å²) in [7, 11) is 1.75. The van der Waals surface area contributed by atoms with Gasteiger partial charge in [0.15, 0.2) is 10.3 Å². The van der Waals surface area contributed by atoms with Crippen LogP contribution >= 0.6 is 39.1 Å². The normalized spacial score (nSPS) is 10.4. The number of aryl methyl sites for hydroxylation is 1. The third-order valence-electron chi connectivity index (χ3n) is 2.20. The molecule has 94 valence electrons. The average Bonchev–Trinajstić information content (AvgIpc) is 2.63. The van der Waals surface area contributed by atoms with Crippen LogP contribution in [-0.2, 0) is 7.05 Å². The third kappa shape index (κ3) is 2.66. The first-order valence-corrected chi connectivity index (χ1v) is 6.33. The Kier molecular flexibility index (Phi) is 3.89. The molecule has 0 unspecified atom stereocenters. The van der Waals surface area contributed by atoms with Gasteiger partial charge in [0, 0.05) is 17.7 Å². The first kappa shape index (κ1) is 13.3. The maximum absolute atomic E-state index is 12.0. The van der Waals surface area contributed by atoms with E-state index in [1.165, 1.54) is 6.33 Å². The Balaban J connectivity index is 2.30. The SMILES string of the molecule is Cn1cc(Br)cc1C(=O)Nc1c(Cl)ncnc1Cl. The molecule has 0 aliphatic heterocycles. The minimum absolute atomic E-state index is 0.0941. The van der Waals surface area contributed by atoms with Crippen LogP contribution in [0.2, 0.25) is 10.3 Å². The van der Waals surface area contributed by atoms with E-state index in [0.29, 0.717) is 5.69 Å². The minimum Gasteiger partial charge on any atom is -0.345 e.